The average molecular weight is 271 g/mol. The van der Waals surface area contributed by atoms with Gasteiger partial charge in [-0.05, 0) is 33.4 Å². The Balaban J connectivity index is 2.64. The lowest BCUT2D eigenvalue weighted by Gasteiger charge is -2.38. The third-order valence-electron chi connectivity index (χ3n) is 3.49. The van der Waals surface area contributed by atoms with Crippen molar-refractivity contribution in [2.75, 3.05) is 40.3 Å². The van der Waals surface area contributed by atoms with Crippen LogP contribution in [0.1, 0.15) is 26.2 Å². The number of aliphatic carboxylic acids is 1. The zero-order valence-electron chi connectivity index (χ0n) is 12.1. The van der Waals surface area contributed by atoms with E-state index in [2.05, 4.69) is 4.90 Å². The number of hydrogen-bond donors (Lipinski definition) is 1. The zero-order chi connectivity index (χ0) is 14.4. The summed E-state index contributed by atoms with van der Waals surface area (Å²) < 4.78 is 0. The number of carbonyl (C=O) groups excluding carboxylic acids is 1. The minimum absolute atomic E-state index is 0.143. The minimum atomic E-state index is -0.956. The third-order valence-corrected chi connectivity index (χ3v) is 3.49. The van der Waals surface area contributed by atoms with Crippen molar-refractivity contribution in [2.24, 2.45) is 0 Å². The number of carboxylic acids is 1. The Labute approximate surface area is 115 Å². The van der Waals surface area contributed by atoms with Crippen LogP contribution < -0.4 is 0 Å². The van der Waals surface area contributed by atoms with Crippen LogP contribution in [-0.2, 0) is 4.79 Å². The lowest BCUT2D eigenvalue weighted by Crippen LogP contribution is -2.52. The molecule has 1 rings (SSSR count). The van der Waals surface area contributed by atoms with Gasteiger partial charge in [-0.2, -0.15) is 0 Å². The van der Waals surface area contributed by atoms with E-state index in [1.165, 1.54) is 4.90 Å². The van der Waals surface area contributed by atoms with Crippen LogP contribution in [0.4, 0.5) is 4.79 Å². The number of urea groups is 1. The third kappa shape index (κ3) is 4.70. The van der Waals surface area contributed by atoms with Crippen LogP contribution in [-0.4, -0.2) is 78.1 Å². The molecule has 6 heteroatoms. The van der Waals surface area contributed by atoms with Gasteiger partial charge in [-0.15, -0.1) is 0 Å². The molecule has 1 unspecified atom stereocenters. The molecule has 6 nitrogen and oxygen atoms in total. The highest BCUT2D eigenvalue weighted by molar-refractivity contribution is 5.80. The molecular weight excluding hydrogens is 246 g/mol. The van der Waals surface area contributed by atoms with Crippen molar-refractivity contribution in [3.63, 3.8) is 0 Å². The van der Waals surface area contributed by atoms with Crippen LogP contribution in [0.5, 0.6) is 0 Å². The zero-order valence-corrected chi connectivity index (χ0v) is 12.1. The lowest BCUT2D eigenvalue weighted by atomic mass is 10.1. The molecule has 1 fully saturated rings. The molecule has 0 radical (unpaired) electrons. The average Bonchev–Trinajstić information content (AvgIpc) is 2.37. The fraction of sp³-hybridized carbons (Fsp3) is 0.846. The topological polar surface area (TPSA) is 64.1 Å². The fourth-order valence-corrected chi connectivity index (χ4v) is 2.43. The van der Waals surface area contributed by atoms with Crippen LogP contribution in [0, 0.1) is 0 Å². The second-order valence-electron chi connectivity index (χ2n) is 5.30. The molecule has 0 bridgehead atoms. The first-order valence-corrected chi connectivity index (χ1v) is 6.87. The number of rotatable bonds is 5. The fourth-order valence-electron chi connectivity index (χ4n) is 2.43. The van der Waals surface area contributed by atoms with E-state index in [0.29, 0.717) is 19.1 Å². The normalized spacial score (nSPS) is 19.6. The van der Waals surface area contributed by atoms with Gasteiger partial charge in [0.05, 0.1) is 0 Å². The number of piperidine rings is 1. The number of carboxylic acid groups (broad SMARTS) is 1. The molecule has 0 aromatic heterocycles. The highest BCUT2D eigenvalue weighted by Crippen LogP contribution is 2.15. The number of likely N-dealkylation sites (tertiary alicyclic amines) is 1. The van der Waals surface area contributed by atoms with Crippen LogP contribution in [0.15, 0.2) is 0 Å². The minimum Gasteiger partial charge on any atom is -0.480 e. The van der Waals surface area contributed by atoms with Crippen LogP contribution >= 0.6 is 0 Å². The lowest BCUT2D eigenvalue weighted by molar-refractivity contribution is -0.137. The molecule has 0 aromatic carbocycles. The summed E-state index contributed by atoms with van der Waals surface area (Å²) in [5.41, 5.74) is 0. The molecule has 1 aliphatic heterocycles. The molecule has 1 heterocycles. The molecule has 1 saturated heterocycles. The first kappa shape index (κ1) is 15.8. The Bertz CT molecular complexity index is 320. The number of carbonyl (C=O) groups is 2. The molecule has 1 N–H and O–H groups in total. The molecule has 1 aliphatic rings. The number of hydrogen-bond acceptors (Lipinski definition) is 3. The summed E-state index contributed by atoms with van der Waals surface area (Å²) in [4.78, 5) is 28.5. The molecule has 0 saturated carbocycles. The van der Waals surface area contributed by atoms with Crippen molar-refractivity contribution in [1.82, 2.24) is 14.7 Å². The Morgan fingerprint density at radius 1 is 1.37 bits per heavy atom. The molecule has 0 spiro atoms. The maximum Gasteiger partial charge on any atom is 0.323 e. The van der Waals surface area contributed by atoms with Gasteiger partial charge < -0.3 is 19.8 Å². The van der Waals surface area contributed by atoms with E-state index in [0.717, 1.165) is 25.8 Å². The Morgan fingerprint density at radius 2 is 2.05 bits per heavy atom. The largest absolute Gasteiger partial charge is 0.480 e. The van der Waals surface area contributed by atoms with Crippen molar-refractivity contribution in [1.29, 1.82) is 0 Å². The summed E-state index contributed by atoms with van der Waals surface area (Å²) in [7, 11) is 4.03. The number of amides is 2. The van der Waals surface area contributed by atoms with Crippen molar-refractivity contribution in [3.8, 4) is 0 Å². The van der Waals surface area contributed by atoms with Gasteiger partial charge in [0.2, 0.25) is 0 Å². The smallest absolute Gasteiger partial charge is 0.323 e. The molecule has 0 aliphatic carbocycles. The van der Waals surface area contributed by atoms with Crippen LogP contribution in [0.25, 0.3) is 0 Å². The second kappa shape index (κ2) is 7.33. The summed E-state index contributed by atoms with van der Waals surface area (Å²) >= 11 is 0. The van der Waals surface area contributed by atoms with Gasteiger partial charge in [0.25, 0.3) is 0 Å². The van der Waals surface area contributed by atoms with Gasteiger partial charge in [0, 0.05) is 25.7 Å². The molecule has 1 atom stereocenters. The first-order chi connectivity index (χ1) is 8.95. The van der Waals surface area contributed by atoms with E-state index < -0.39 is 5.97 Å². The molecular formula is C13H25N3O3. The van der Waals surface area contributed by atoms with Crippen molar-refractivity contribution < 1.29 is 14.7 Å². The van der Waals surface area contributed by atoms with Gasteiger partial charge in [0.15, 0.2) is 0 Å². The Kier molecular flexibility index (Phi) is 6.08. The standard InChI is InChI=1S/C13H25N3O3/c1-4-7-15(10-12(17)18)13(19)16-8-5-6-11(9-16)14(2)3/h11H,4-10H2,1-3H3,(H,17,18). The maximum atomic E-state index is 12.4. The first-order valence-electron chi connectivity index (χ1n) is 6.87. The second-order valence-corrected chi connectivity index (χ2v) is 5.30. The van der Waals surface area contributed by atoms with Gasteiger partial charge >= 0.3 is 12.0 Å². The van der Waals surface area contributed by atoms with Gasteiger partial charge in [-0.3, -0.25) is 4.79 Å². The van der Waals surface area contributed by atoms with Crippen LogP contribution in [0.3, 0.4) is 0 Å². The van der Waals surface area contributed by atoms with Gasteiger partial charge in [-0.25, -0.2) is 4.79 Å². The molecule has 0 aromatic rings. The molecule has 110 valence electrons. The monoisotopic (exact) mass is 271 g/mol. The summed E-state index contributed by atoms with van der Waals surface area (Å²) in [6, 6.07) is 0.224. The van der Waals surface area contributed by atoms with E-state index in [9.17, 15) is 9.59 Å². The Hall–Kier alpha value is -1.30. The van der Waals surface area contributed by atoms with E-state index >= 15 is 0 Å². The molecule has 2 amide bonds. The summed E-state index contributed by atoms with van der Waals surface area (Å²) in [5.74, 6) is -0.956. The van der Waals surface area contributed by atoms with Gasteiger partial charge in [-0.1, -0.05) is 6.92 Å². The highest BCUT2D eigenvalue weighted by atomic mass is 16.4. The quantitative estimate of drug-likeness (QED) is 0.808. The van der Waals surface area contributed by atoms with E-state index in [-0.39, 0.29) is 12.6 Å². The Morgan fingerprint density at radius 3 is 2.58 bits per heavy atom. The van der Waals surface area contributed by atoms with Crippen molar-refractivity contribution in [2.45, 2.75) is 32.2 Å². The maximum absolute atomic E-state index is 12.4. The number of likely N-dealkylation sites (N-methyl/N-ethyl adjacent to an activating group) is 1. The summed E-state index contributed by atoms with van der Waals surface area (Å²) in [5, 5.41) is 8.88. The predicted octanol–water partition coefficient (Wildman–Crippen LogP) is 0.929. The van der Waals surface area contributed by atoms with Crippen molar-refractivity contribution in [3.05, 3.63) is 0 Å². The van der Waals surface area contributed by atoms with E-state index in [4.69, 9.17) is 5.11 Å². The molecule has 19 heavy (non-hydrogen) atoms. The van der Waals surface area contributed by atoms with Gasteiger partial charge in [0.1, 0.15) is 6.54 Å². The van der Waals surface area contributed by atoms with E-state index in [1.54, 1.807) is 4.90 Å². The van der Waals surface area contributed by atoms with E-state index in [1.807, 2.05) is 21.0 Å². The summed E-state index contributed by atoms with van der Waals surface area (Å²) in [6.07, 6.45) is 2.83. The highest BCUT2D eigenvalue weighted by Gasteiger charge is 2.28. The van der Waals surface area contributed by atoms with Crippen molar-refractivity contribution >= 4 is 12.0 Å². The summed E-state index contributed by atoms with van der Waals surface area (Å²) in [6.45, 7) is 3.64. The number of nitrogens with zero attached hydrogens (tertiary/aromatic N) is 3. The SMILES string of the molecule is CCCN(CC(=O)O)C(=O)N1CCCC(N(C)C)C1. The van der Waals surface area contributed by atoms with Crippen LogP contribution in [0.2, 0.25) is 0 Å². The predicted molar refractivity (Wildman–Crippen MR) is 73.2 cm³/mol.